The third kappa shape index (κ3) is 3.99. The number of benzene rings is 2. The van der Waals surface area contributed by atoms with Crippen LogP contribution in [0.2, 0.25) is 0 Å². The van der Waals surface area contributed by atoms with E-state index in [2.05, 4.69) is 5.32 Å². The van der Waals surface area contributed by atoms with Crippen LogP contribution in [0.25, 0.3) is 0 Å². The number of carbonyl (C=O) groups excluding carboxylic acids is 1. The van der Waals surface area contributed by atoms with E-state index in [1.54, 1.807) is 19.2 Å². The highest BCUT2D eigenvalue weighted by atomic mass is 16.5. The van der Waals surface area contributed by atoms with E-state index >= 15 is 0 Å². The van der Waals surface area contributed by atoms with Crippen LogP contribution in [-0.2, 0) is 4.79 Å². The van der Waals surface area contributed by atoms with Crippen molar-refractivity contribution < 1.29 is 14.3 Å². The Balaban J connectivity index is 1.97. The summed E-state index contributed by atoms with van der Waals surface area (Å²) in [4.78, 5) is 12.0. The smallest absolute Gasteiger partial charge is 0.262 e. The second kappa shape index (κ2) is 6.79. The number of nitrogens with one attached hydrogen (secondary N) is 1. The standard InChI is InChI=1S/C17H19NO3/c1-12-8-9-13(2)16(10-12)21-11-17(19)18-14-6-4-5-7-15(14)20-3/h4-10H,11H2,1-3H3,(H,18,19). The molecule has 1 amide bonds. The Labute approximate surface area is 124 Å². The van der Waals surface area contributed by atoms with Gasteiger partial charge in [0.1, 0.15) is 11.5 Å². The number of para-hydroxylation sites is 2. The van der Waals surface area contributed by atoms with Crippen LogP contribution in [0.4, 0.5) is 5.69 Å². The Morgan fingerprint density at radius 3 is 2.62 bits per heavy atom. The van der Waals surface area contributed by atoms with Gasteiger partial charge < -0.3 is 14.8 Å². The van der Waals surface area contributed by atoms with Crippen LogP contribution in [-0.4, -0.2) is 19.6 Å². The first kappa shape index (κ1) is 14.9. The summed E-state index contributed by atoms with van der Waals surface area (Å²) >= 11 is 0. The highest BCUT2D eigenvalue weighted by molar-refractivity contribution is 5.93. The van der Waals surface area contributed by atoms with Crippen LogP contribution in [0.5, 0.6) is 11.5 Å². The second-order valence-corrected chi connectivity index (χ2v) is 4.81. The Morgan fingerprint density at radius 1 is 1.10 bits per heavy atom. The maximum atomic E-state index is 12.0. The van der Waals surface area contributed by atoms with Gasteiger partial charge in [0, 0.05) is 0 Å². The van der Waals surface area contributed by atoms with Crippen molar-refractivity contribution in [3.05, 3.63) is 53.6 Å². The van der Waals surface area contributed by atoms with Gasteiger partial charge in [-0.1, -0.05) is 24.3 Å². The molecule has 0 fully saturated rings. The molecule has 2 aromatic rings. The molecule has 0 heterocycles. The van der Waals surface area contributed by atoms with Gasteiger partial charge in [-0.2, -0.15) is 0 Å². The first-order valence-electron chi connectivity index (χ1n) is 6.73. The average molecular weight is 285 g/mol. The quantitative estimate of drug-likeness (QED) is 0.916. The third-order valence-electron chi connectivity index (χ3n) is 3.08. The van der Waals surface area contributed by atoms with E-state index in [4.69, 9.17) is 9.47 Å². The van der Waals surface area contributed by atoms with Crippen LogP contribution >= 0.6 is 0 Å². The van der Waals surface area contributed by atoms with Gasteiger partial charge in [0.2, 0.25) is 0 Å². The van der Waals surface area contributed by atoms with Crippen molar-refractivity contribution in [3.63, 3.8) is 0 Å². The molecule has 2 aromatic carbocycles. The molecule has 0 saturated carbocycles. The number of aryl methyl sites for hydroxylation is 2. The lowest BCUT2D eigenvalue weighted by Gasteiger charge is -2.12. The zero-order valence-electron chi connectivity index (χ0n) is 12.5. The molecule has 0 aliphatic heterocycles. The largest absolute Gasteiger partial charge is 0.495 e. The lowest BCUT2D eigenvalue weighted by Crippen LogP contribution is -2.20. The fourth-order valence-corrected chi connectivity index (χ4v) is 1.94. The number of anilines is 1. The summed E-state index contributed by atoms with van der Waals surface area (Å²) in [6, 6.07) is 13.2. The summed E-state index contributed by atoms with van der Waals surface area (Å²) in [5, 5.41) is 2.78. The van der Waals surface area contributed by atoms with E-state index < -0.39 is 0 Å². The molecular formula is C17H19NO3. The van der Waals surface area contributed by atoms with Crippen molar-refractivity contribution in [2.75, 3.05) is 19.0 Å². The fraction of sp³-hybridized carbons (Fsp3) is 0.235. The number of amides is 1. The van der Waals surface area contributed by atoms with E-state index in [1.807, 2.05) is 44.2 Å². The zero-order valence-corrected chi connectivity index (χ0v) is 12.5. The molecule has 4 heteroatoms. The molecule has 0 aliphatic carbocycles. The monoisotopic (exact) mass is 285 g/mol. The van der Waals surface area contributed by atoms with Crippen molar-refractivity contribution in [1.29, 1.82) is 0 Å². The predicted molar refractivity (Wildman–Crippen MR) is 83.0 cm³/mol. The maximum absolute atomic E-state index is 12.0. The number of carbonyl (C=O) groups is 1. The van der Waals surface area contributed by atoms with Gasteiger partial charge in [0.05, 0.1) is 12.8 Å². The van der Waals surface area contributed by atoms with Crippen molar-refractivity contribution in [1.82, 2.24) is 0 Å². The molecule has 0 aliphatic rings. The molecular weight excluding hydrogens is 266 g/mol. The van der Waals surface area contributed by atoms with E-state index in [9.17, 15) is 4.79 Å². The van der Waals surface area contributed by atoms with Gasteiger partial charge in [-0.05, 0) is 43.2 Å². The minimum atomic E-state index is -0.222. The number of hydrogen-bond donors (Lipinski definition) is 1. The summed E-state index contributed by atoms with van der Waals surface area (Å²) in [5.41, 5.74) is 2.74. The minimum Gasteiger partial charge on any atom is -0.495 e. The van der Waals surface area contributed by atoms with Crippen LogP contribution in [0.1, 0.15) is 11.1 Å². The normalized spacial score (nSPS) is 10.0. The molecule has 1 N–H and O–H groups in total. The van der Waals surface area contributed by atoms with Gasteiger partial charge in [-0.15, -0.1) is 0 Å². The van der Waals surface area contributed by atoms with E-state index in [0.717, 1.165) is 16.9 Å². The SMILES string of the molecule is COc1ccccc1NC(=O)COc1cc(C)ccc1C. The summed E-state index contributed by atoms with van der Waals surface area (Å²) in [5.74, 6) is 1.13. The Kier molecular flexibility index (Phi) is 4.82. The summed E-state index contributed by atoms with van der Waals surface area (Å²) < 4.78 is 10.8. The van der Waals surface area contributed by atoms with Crippen molar-refractivity contribution in [2.45, 2.75) is 13.8 Å². The molecule has 0 saturated heterocycles. The minimum absolute atomic E-state index is 0.0393. The summed E-state index contributed by atoms with van der Waals surface area (Å²) in [6.07, 6.45) is 0. The maximum Gasteiger partial charge on any atom is 0.262 e. The highest BCUT2D eigenvalue weighted by Crippen LogP contribution is 2.23. The lowest BCUT2D eigenvalue weighted by atomic mass is 10.1. The number of ether oxygens (including phenoxy) is 2. The molecule has 0 aromatic heterocycles. The summed E-state index contributed by atoms with van der Waals surface area (Å²) in [7, 11) is 1.57. The Bertz CT molecular complexity index is 638. The van der Waals surface area contributed by atoms with E-state index in [1.165, 1.54) is 0 Å². The van der Waals surface area contributed by atoms with Crippen LogP contribution < -0.4 is 14.8 Å². The molecule has 0 radical (unpaired) electrons. The number of rotatable bonds is 5. The van der Waals surface area contributed by atoms with Crippen LogP contribution in [0.15, 0.2) is 42.5 Å². The average Bonchev–Trinajstić information content (AvgIpc) is 2.49. The molecule has 110 valence electrons. The molecule has 2 rings (SSSR count). The topological polar surface area (TPSA) is 47.6 Å². The van der Waals surface area contributed by atoms with Crippen LogP contribution in [0, 0.1) is 13.8 Å². The predicted octanol–water partition coefficient (Wildman–Crippen LogP) is 3.33. The molecule has 0 bridgehead atoms. The molecule has 4 nitrogen and oxygen atoms in total. The Hall–Kier alpha value is -2.49. The highest BCUT2D eigenvalue weighted by Gasteiger charge is 2.08. The summed E-state index contributed by atoms with van der Waals surface area (Å²) in [6.45, 7) is 3.90. The van der Waals surface area contributed by atoms with E-state index in [0.29, 0.717) is 11.4 Å². The van der Waals surface area contributed by atoms with Crippen molar-refractivity contribution in [2.24, 2.45) is 0 Å². The first-order valence-corrected chi connectivity index (χ1v) is 6.73. The Morgan fingerprint density at radius 2 is 1.86 bits per heavy atom. The molecule has 0 unspecified atom stereocenters. The third-order valence-corrected chi connectivity index (χ3v) is 3.08. The van der Waals surface area contributed by atoms with Gasteiger partial charge >= 0.3 is 0 Å². The molecule has 0 atom stereocenters. The lowest BCUT2D eigenvalue weighted by molar-refractivity contribution is -0.118. The number of methoxy groups -OCH3 is 1. The zero-order chi connectivity index (χ0) is 15.2. The second-order valence-electron chi connectivity index (χ2n) is 4.81. The number of hydrogen-bond acceptors (Lipinski definition) is 3. The van der Waals surface area contributed by atoms with Gasteiger partial charge in [-0.3, -0.25) is 4.79 Å². The van der Waals surface area contributed by atoms with Crippen molar-refractivity contribution in [3.8, 4) is 11.5 Å². The van der Waals surface area contributed by atoms with E-state index in [-0.39, 0.29) is 12.5 Å². The fourth-order valence-electron chi connectivity index (χ4n) is 1.94. The van der Waals surface area contributed by atoms with Crippen molar-refractivity contribution >= 4 is 11.6 Å². The molecule has 21 heavy (non-hydrogen) atoms. The van der Waals surface area contributed by atoms with Gasteiger partial charge in [0.15, 0.2) is 6.61 Å². The van der Waals surface area contributed by atoms with Crippen LogP contribution in [0.3, 0.4) is 0 Å². The van der Waals surface area contributed by atoms with Gasteiger partial charge in [-0.25, -0.2) is 0 Å². The first-order chi connectivity index (χ1) is 10.1. The van der Waals surface area contributed by atoms with Gasteiger partial charge in [0.25, 0.3) is 5.91 Å². The molecule has 0 spiro atoms.